The Balaban J connectivity index is 2.45. The Kier molecular flexibility index (Phi) is 4.07. The van der Waals surface area contributed by atoms with E-state index >= 15 is 0 Å². The predicted molar refractivity (Wildman–Crippen MR) is 74.0 cm³/mol. The standard InChI is InChI=1S/C15H19N3/c1-3-12-10-17-8-7-14(12)15(18-16)13-6-4-5-11(2)9-13/h4-10,15,18H,3,16H2,1-2H3. The van der Waals surface area contributed by atoms with Crippen molar-refractivity contribution in [3.63, 3.8) is 0 Å². The molecule has 94 valence electrons. The van der Waals surface area contributed by atoms with Gasteiger partial charge >= 0.3 is 0 Å². The zero-order chi connectivity index (χ0) is 13.0. The van der Waals surface area contributed by atoms with Gasteiger partial charge in [-0.3, -0.25) is 10.8 Å². The first-order chi connectivity index (χ1) is 8.76. The van der Waals surface area contributed by atoms with Gasteiger partial charge in [0.15, 0.2) is 0 Å². The van der Waals surface area contributed by atoms with E-state index in [1.54, 1.807) is 0 Å². The van der Waals surface area contributed by atoms with Crippen LogP contribution in [-0.4, -0.2) is 4.98 Å². The van der Waals surface area contributed by atoms with Gasteiger partial charge in [-0.1, -0.05) is 36.8 Å². The fourth-order valence-corrected chi connectivity index (χ4v) is 2.23. The Bertz CT molecular complexity index is 523. The summed E-state index contributed by atoms with van der Waals surface area (Å²) in [5.74, 6) is 5.74. The Labute approximate surface area is 108 Å². The van der Waals surface area contributed by atoms with Crippen molar-refractivity contribution in [3.05, 3.63) is 65.0 Å². The number of hydrogen-bond donors (Lipinski definition) is 2. The molecule has 0 amide bonds. The number of nitrogens with one attached hydrogen (secondary N) is 1. The van der Waals surface area contributed by atoms with Gasteiger partial charge in [-0.05, 0) is 36.1 Å². The lowest BCUT2D eigenvalue weighted by Crippen LogP contribution is -2.29. The van der Waals surface area contributed by atoms with Crippen LogP contribution in [0.15, 0.2) is 42.7 Å². The fourth-order valence-electron chi connectivity index (χ4n) is 2.23. The van der Waals surface area contributed by atoms with Gasteiger partial charge in [0.2, 0.25) is 0 Å². The van der Waals surface area contributed by atoms with E-state index < -0.39 is 0 Å². The van der Waals surface area contributed by atoms with Crippen LogP contribution in [0, 0.1) is 6.92 Å². The minimum Gasteiger partial charge on any atom is -0.271 e. The third kappa shape index (κ3) is 2.58. The van der Waals surface area contributed by atoms with Crippen molar-refractivity contribution >= 4 is 0 Å². The summed E-state index contributed by atoms with van der Waals surface area (Å²) in [5.41, 5.74) is 7.74. The van der Waals surface area contributed by atoms with E-state index in [1.165, 1.54) is 22.3 Å². The average Bonchev–Trinajstić information content (AvgIpc) is 2.40. The molecule has 3 N–H and O–H groups in total. The molecule has 0 aliphatic heterocycles. The van der Waals surface area contributed by atoms with Crippen LogP contribution >= 0.6 is 0 Å². The van der Waals surface area contributed by atoms with Crippen LogP contribution < -0.4 is 11.3 Å². The maximum absolute atomic E-state index is 5.74. The Morgan fingerprint density at radius 2 is 2.17 bits per heavy atom. The molecule has 0 fully saturated rings. The topological polar surface area (TPSA) is 50.9 Å². The third-order valence-corrected chi connectivity index (χ3v) is 3.18. The van der Waals surface area contributed by atoms with Crippen LogP contribution in [-0.2, 0) is 6.42 Å². The highest BCUT2D eigenvalue weighted by atomic mass is 15.2. The molecule has 0 aliphatic carbocycles. The van der Waals surface area contributed by atoms with E-state index in [-0.39, 0.29) is 6.04 Å². The summed E-state index contributed by atoms with van der Waals surface area (Å²) in [7, 11) is 0. The second-order valence-electron chi connectivity index (χ2n) is 4.44. The highest BCUT2D eigenvalue weighted by molar-refractivity contribution is 5.37. The zero-order valence-electron chi connectivity index (χ0n) is 10.9. The summed E-state index contributed by atoms with van der Waals surface area (Å²) < 4.78 is 0. The molecule has 18 heavy (non-hydrogen) atoms. The van der Waals surface area contributed by atoms with Gasteiger partial charge in [0.25, 0.3) is 0 Å². The molecule has 3 nitrogen and oxygen atoms in total. The van der Waals surface area contributed by atoms with Crippen LogP contribution in [0.3, 0.4) is 0 Å². The van der Waals surface area contributed by atoms with Gasteiger partial charge in [-0.15, -0.1) is 0 Å². The molecule has 0 bridgehead atoms. The van der Waals surface area contributed by atoms with Crippen molar-refractivity contribution in [1.82, 2.24) is 10.4 Å². The second-order valence-corrected chi connectivity index (χ2v) is 4.44. The van der Waals surface area contributed by atoms with Crippen LogP contribution in [0.4, 0.5) is 0 Å². The Morgan fingerprint density at radius 1 is 1.33 bits per heavy atom. The van der Waals surface area contributed by atoms with Crippen molar-refractivity contribution in [2.24, 2.45) is 5.84 Å². The molecule has 1 unspecified atom stereocenters. The molecule has 1 aromatic carbocycles. The number of aromatic nitrogens is 1. The molecule has 0 radical (unpaired) electrons. The van der Waals surface area contributed by atoms with E-state index in [9.17, 15) is 0 Å². The summed E-state index contributed by atoms with van der Waals surface area (Å²) in [6.45, 7) is 4.22. The molecule has 0 saturated carbocycles. The lowest BCUT2D eigenvalue weighted by atomic mass is 9.94. The van der Waals surface area contributed by atoms with Gasteiger partial charge < -0.3 is 0 Å². The molecular weight excluding hydrogens is 222 g/mol. The first-order valence-corrected chi connectivity index (χ1v) is 6.21. The van der Waals surface area contributed by atoms with E-state index in [1.807, 2.05) is 18.5 Å². The van der Waals surface area contributed by atoms with Gasteiger partial charge in [0.1, 0.15) is 0 Å². The molecule has 0 aliphatic rings. The summed E-state index contributed by atoms with van der Waals surface area (Å²) in [6.07, 6.45) is 4.68. The van der Waals surface area contributed by atoms with Crippen molar-refractivity contribution in [3.8, 4) is 0 Å². The molecule has 1 aromatic heterocycles. The van der Waals surface area contributed by atoms with Crippen molar-refractivity contribution in [2.45, 2.75) is 26.3 Å². The maximum Gasteiger partial charge on any atom is 0.0713 e. The van der Waals surface area contributed by atoms with Gasteiger partial charge in [-0.25, -0.2) is 5.43 Å². The number of nitrogens with two attached hydrogens (primary N) is 1. The first-order valence-electron chi connectivity index (χ1n) is 6.21. The van der Waals surface area contributed by atoms with Gasteiger partial charge in [0, 0.05) is 12.4 Å². The predicted octanol–water partition coefficient (Wildman–Crippen LogP) is 2.51. The largest absolute Gasteiger partial charge is 0.271 e. The molecule has 2 aromatic rings. The summed E-state index contributed by atoms with van der Waals surface area (Å²) in [4.78, 5) is 4.18. The van der Waals surface area contributed by atoms with E-state index in [2.05, 4.69) is 48.5 Å². The number of benzene rings is 1. The molecule has 0 spiro atoms. The van der Waals surface area contributed by atoms with E-state index in [0.29, 0.717) is 0 Å². The molecule has 1 heterocycles. The summed E-state index contributed by atoms with van der Waals surface area (Å²) in [6, 6.07) is 10.4. The Morgan fingerprint density at radius 3 is 2.83 bits per heavy atom. The molecular formula is C15H19N3. The van der Waals surface area contributed by atoms with Crippen LogP contribution in [0.5, 0.6) is 0 Å². The highest BCUT2D eigenvalue weighted by Gasteiger charge is 2.15. The van der Waals surface area contributed by atoms with E-state index in [4.69, 9.17) is 5.84 Å². The minimum atomic E-state index is 0.0165. The lowest BCUT2D eigenvalue weighted by Gasteiger charge is -2.20. The summed E-state index contributed by atoms with van der Waals surface area (Å²) >= 11 is 0. The first kappa shape index (κ1) is 12.7. The number of pyridine rings is 1. The number of hydrazine groups is 1. The second kappa shape index (κ2) is 5.76. The third-order valence-electron chi connectivity index (χ3n) is 3.18. The SMILES string of the molecule is CCc1cnccc1C(NN)c1cccc(C)c1. The molecule has 3 heteroatoms. The maximum atomic E-state index is 5.74. The minimum absolute atomic E-state index is 0.0165. The van der Waals surface area contributed by atoms with Crippen molar-refractivity contribution in [1.29, 1.82) is 0 Å². The molecule has 2 rings (SSSR count). The normalized spacial score (nSPS) is 12.4. The highest BCUT2D eigenvalue weighted by Crippen LogP contribution is 2.24. The number of rotatable bonds is 4. The Hall–Kier alpha value is -1.71. The van der Waals surface area contributed by atoms with Crippen LogP contribution in [0.25, 0.3) is 0 Å². The lowest BCUT2D eigenvalue weighted by molar-refractivity contribution is 0.630. The monoisotopic (exact) mass is 241 g/mol. The number of hydrogen-bond acceptors (Lipinski definition) is 3. The molecule has 1 atom stereocenters. The average molecular weight is 241 g/mol. The summed E-state index contributed by atoms with van der Waals surface area (Å²) in [5, 5.41) is 0. The number of nitrogens with zero attached hydrogens (tertiary/aromatic N) is 1. The van der Waals surface area contributed by atoms with Crippen molar-refractivity contribution < 1.29 is 0 Å². The number of aryl methyl sites for hydroxylation is 2. The van der Waals surface area contributed by atoms with Gasteiger partial charge in [-0.2, -0.15) is 0 Å². The quantitative estimate of drug-likeness (QED) is 0.639. The fraction of sp³-hybridized carbons (Fsp3) is 0.267. The smallest absolute Gasteiger partial charge is 0.0713 e. The van der Waals surface area contributed by atoms with E-state index in [0.717, 1.165) is 6.42 Å². The van der Waals surface area contributed by atoms with Crippen LogP contribution in [0.1, 0.15) is 35.2 Å². The van der Waals surface area contributed by atoms with Crippen molar-refractivity contribution in [2.75, 3.05) is 0 Å². The van der Waals surface area contributed by atoms with Crippen LogP contribution in [0.2, 0.25) is 0 Å². The molecule has 0 saturated heterocycles. The van der Waals surface area contributed by atoms with Gasteiger partial charge in [0.05, 0.1) is 6.04 Å². The zero-order valence-corrected chi connectivity index (χ0v) is 10.9.